The molecule has 0 saturated heterocycles. The van der Waals surface area contributed by atoms with Gasteiger partial charge in [-0.05, 0) is 31.0 Å². The standard InChI is InChI=1S/C18H13Cl2F2N3O2/c1-8-5-24-14(19)4-11(8)15-9(2)25-18(16(20)17(15)26)27-7-13-12(22)3-10(21)6-23-13/h3-6,15H,7H2,1-2H3. The fraction of sp³-hybridized carbons (Fsp3) is 0.222. The number of hydrogen-bond acceptors (Lipinski definition) is 5. The highest BCUT2D eigenvalue weighted by molar-refractivity contribution is 6.46. The van der Waals surface area contributed by atoms with Crippen LogP contribution in [0.1, 0.15) is 29.7 Å². The molecule has 2 aromatic rings. The summed E-state index contributed by atoms with van der Waals surface area (Å²) in [5.74, 6) is -2.94. The van der Waals surface area contributed by atoms with Crippen LogP contribution in [-0.2, 0) is 16.1 Å². The molecule has 1 unspecified atom stereocenters. The number of ketones is 1. The van der Waals surface area contributed by atoms with E-state index in [2.05, 4.69) is 15.0 Å². The quantitative estimate of drug-likeness (QED) is 0.696. The molecule has 27 heavy (non-hydrogen) atoms. The Kier molecular flexibility index (Phi) is 5.53. The van der Waals surface area contributed by atoms with Gasteiger partial charge in [0.05, 0.1) is 12.1 Å². The molecule has 1 atom stereocenters. The van der Waals surface area contributed by atoms with E-state index in [1.807, 2.05) is 0 Å². The average molecular weight is 412 g/mol. The number of carbonyl (C=O) groups excluding carboxylic acids is 1. The van der Waals surface area contributed by atoms with Crippen LogP contribution in [0.2, 0.25) is 5.15 Å². The Morgan fingerprint density at radius 3 is 2.59 bits per heavy atom. The van der Waals surface area contributed by atoms with Crippen molar-refractivity contribution in [3.05, 3.63) is 69.1 Å². The molecule has 0 spiro atoms. The summed E-state index contributed by atoms with van der Waals surface area (Å²) >= 11 is 12.1. The molecule has 140 valence electrons. The van der Waals surface area contributed by atoms with Crippen LogP contribution >= 0.6 is 23.2 Å². The third-order valence-corrected chi connectivity index (χ3v) is 4.57. The van der Waals surface area contributed by atoms with Gasteiger partial charge < -0.3 is 4.74 Å². The van der Waals surface area contributed by atoms with Crippen molar-refractivity contribution < 1.29 is 18.3 Å². The van der Waals surface area contributed by atoms with Gasteiger partial charge in [-0.2, -0.15) is 0 Å². The molecule has 0 N–H and O–H groups in total. The number of halogens is 4. The van der Waals surface area contributed by atoms with E-state index >= 15 is 0 Å². The number of aryl methyl sites for hydroxylation is 1. The largest absolute Gasteiger partial charge is 0.470 e. The van der Waals surface area contributed by atoms with E-state index in [9.17, 15) is 13.6 Å². The summed E-state index contributed by atoms with van der Waals surface area (Å²) in [4.78, 5) is 24.6. The zero-order valence-corrected chi connectivity index (χ0v) is 15.8. The van der Waals surface area contributed by atoms with Crippen molar-refractivity contribution in [1.82, 2.24) is 9.97 Å². The SMILES string of the molecule is CC1=NC(OCc2ncc(F)cc2F)=C(Cl)C(=O)C1c1cc(Cl)ncc1C. The Morgan fingerprint density at radius 1 is 1.15 bits per heavy atom. The van der Waals surface area contributed by atoms with Gasteiger partial charge >= 0.3 is 0 Å². The van der Waals surface area contributed by atoms with Crippen molar-refractivity contribution in [2.75, 3.05) is 0 Å². The molecule has 9 heteroatoms. The van der Waals surface area contributed by atoms with E-state index < -0.39 is 23.3 Å². The topological polar surface area (TPSA) is 64.4 Å². The first-order valence-electron chi connectivity index (χ1n) is 7.82. The molecule has 0 fully saturated rings. The lowest BCUT2D eigenvalue weighted by Gasteiger charge is -2.23. The minimum absolute atomic E-state index is 0.132. The number of aromatic nitrogens is 2. The summed E-state index contributed by atoms with van der Waals surface area (Å²) in [5, 5.41) is 0.0247. The average Bonchev–Trinajstić information content (AvgIpc) is 2.61. The molecule has 0 radical (unpaired) electrons. The highest BCUT2D eigenvalue weighted by atomic mass is 35.5. The van der Waals surface area contributed by atoms with Crippen LogP contribution < -0.4 is 0 Å². The van der Waals surface area contributed by atoms with Crippen LogP contribution in [-0.4, -0.2) is 21.5 Å². The number of carbonyl (C=O) groups is 1. The lowest BCUT2D eigenvalue weighted by molar-refractivity contribution is -0.115. The first kappa shape index (κ1) is 19.4. The smallest absolute Gasteiger partial charge is 0.236 e. The second kappa shape index (κ2) is 7.70. The maximum Gasteiger partial charge on any atom is 0.236 e. The summed E-state index contributed by atoms with van der Waals surface area (Å²) in [6.07, 6.45) is 2.43. The summed E-state index contributed by atoms with van der Waals surface area (Å²) in [6.45, 7) is 3.10. The number of allylic oxidation sites excluding steroid dienone is 1. The van der Waals surface area contributed by atoms with E-state index in [-0.39, 0.29) is 28.4 Å². The van der Waals surface area contributed by atoms with E-state index in [1.165, 1.54) is 0 Å². The zero-order valence-electron chi connectivity index (χ0n) is 14.3. The number of pyridine rings is 2. The molecule has 1 aliphatic rings. The van der Waals surface area contributed by atoms with Gasteiger partial charge in [0.15, 0.2) is 11.6 Å². The molecular weight excluding hydrogens is 399 g/mol. The minimum Gasteiger partial charge on any atom is -0.470 e. The van der Waals surface area contributed by atoms with E-state index in [0.717, 1.165) is 11.8 Å². The molecule has 0 amide bonds. The van der Waals surface area contributed by atoms with Gasteiger partial charge in [-0.15, -0.1) is 0 Å². The minimum atomic E-state index is -0.866. The van der Waals surface area contributed by atoms with Gasteiger partial charge in [0.2, 0.25) is 5.88 Å². The molecule has 0 aromatic carbocycles. The maximum absolute atomic E-state index is 13.7. The summed E-state index contributed by atoms with van der Waals surface area (Å²) < 4.78 is 31.9. The lowest BCUT2D eigenvalue weighted by Crippen LogP contribution is -2.26. The van der Waals surface area contributed by atoms with Gasteiger partial charge in [-0.25, -0.2) is 18.8 Å². The third-order valence-electron chi connectivity index (χ3n) is 4.01. The first-order valence-corrected chi connectivity index (χ1v) is 8.57. The van der Waals surface area contributed by atoms with Gasteiger partial charge in [0.25, 0.3) is 0 Å². The summed E-state index contributed by atoms with van der Waals surface area (Å²) in [6, 6.07) is 2.28. The Labute approximate surface area is 163 Å². The second-order valence-electron chi connectivity index (χ2n) is 5.90. The fourth-order valence-corrected chi connectivity index (χ4v) is 3.04. The Balaban J connectivity index is 1.86. The first-order chi connectivity index (χ1) is 12.8. The molecule has 3 heterocycles. The Morgan fingerprint density at radius 2 is 1.89 bits per heavy atom. The number of aliphatic imine (C=N–C) groups is 1. The van der Waals surface area contributed by atoms with Crippen LogP contribution in [0.5, 0.6) is 0 Å². The molecule has 2 aromatic heterocycles. The van der Waals surface area contributed by atoms with Gasteiger partial charge in [0.1, 0.15) is 28.3 Å². The van der Waals surface area contributed by atoms with Crippen LogP contribution in [0.4, 0.5) is 8.78 Å². The number of hydrogen-bond donors (Lipinski definition) is 0. The molecular formula is C18H13Cl2F2N3O2. The van der Waals surface area contributed by atoms with Crippen LogP contribution in [0.15, 0.2) is 40.4 Å². The summed E-state index contributed by atoms with van der Waals surface area (Å²) in [7, 11) is 0. The zero-order chi connectivity index (χ0) is 19.7. The third kappa shape index (κ3) is 3.99. The van der Waals surface area contributed by atoms with Crippen LogP contribution in [0.25, 0.3) is 0 Å². The molecule has 0 aliphatic carbocycles. The van der Waals surface area contributed by atoms with Gasteiger partial charge in [-0.1, -0.05) is 23.2 Å². The Hall–Kier alpha value is -2.38. The highest BCUT2D eigenvalue weighted by Gasteiger charge is 2.34. The monoisotopic (exact) mass is 411 g/mol. The number of ether oxygens (including phenoxy) is 1. The van der Waals surface area contributed by atoms with Gasteiger partial charge in [-0.3, -0.25) is 9.78 Å². The van der Waals surface area contributed by atoms with Crippen molar-refractivity contribution in [3.63, 3.8) is 0 Å². The van der Waals surface area contributed by atoms with Crippen molar-refractivity contribution >= 4 is 34.7 Å². The van der Waals surface area contributed by atoms with Gasteiger partial charge in [0, 0.05) is 18.0 Å². The predicted octanol–water partition coefficient (Wildman–Crippen LogP) is 4.47. The summed E-state index contributed by atoms with van der Waals surface area (Å²) in [5.41, 5.74) is 1.72. The van der Waals surface area contributed by atoms with Crippen molar-refractivity contribution in [2.24, 2.45) is 4.99 Å². The number of Topliss-reactive ketones (excluding diaryl/α,β-unsaturated/α-hetero) is 1. The molecule has 0 bridgehead atoms. The van der Waals surface area contributed by atoms with Crippen molar-refractivity contribution in [3.8, 4) is 0 Å². The van der Waals surface area contributed by atoms with E-state index in [1.54, 1.807) is 26.1 Å². The van der Waals surface area contributed by atoms with Crippen LogP contribution in [0, 0.1) is 18.6 Å². The second-order valence-corrected chi connectivity index (χ2v) is 6.67. The molecule has 1 aliphatic heterocycles. The van der Waals surface area contributed by atoms with Crippen molar-refractivity contribution in [2.45, 2.75) is 26.4 Å². The number of nitrogens with zero attached hydrogens (tertiary/aromatic N) is 3. The maximum atomic E-state index is 13.7. The fourth-order valence-electron chi connectivity index (χ4n) is 2.67. The van der Waals surface area contributed by atoms with E-state index in [0.29, 0.717) is 17.3 Å². The van der Waals surface area contributed by atoms with Crippen molar-refractivity contribution in [1.29, 1.82) is 0 Å². The Bertz CT molecular complexity index is 991. The molecule has 3 rings (SSSR count). The predicted molar refractivity (Wildman–Crippen MR) is 96.7 cm³/mol. The van der Waals surface area contributed by atoms with E-state index in [4.69, 9.17) is 27.9 Å². The molecule has 5 nitrogen and oxygen atoms in total. The normalized spacial score (nSPS) is 17.2. The van der Waals surface area contributed by atoms with Crippen LogP contribution in [0.3, 0.4) is 0 Å². The molecule has 0 saturated carbocycles. The lowest BCUT2D eigenvalue weighted by atomic mass is 9.87. The highest BCUT2D eigenvalue weighted by Crippen LogP contribution is 2.33. The number of rotatable bonds is 4.